The van der Waals surface area contributed by atoms with E-state index in [0.29, 0.717) is 17.1 Å². The van der Waals surface area contributed by atoms with Gasteiger partial charge in [0.15, 0.2) is 0 Å². The minimum atomic E-state index is -0.467. The second-order valence-corrected chi connectivity index (χ2v) is 4.37. The molecule has 0 aliphatic carbocycles. The number of nitrogens with zero attached hydrogens (tertiary/aromatic N) is 1. The quantitative estimate of drug-likeness (QED) is 0.611. The highest BCUT2D eigenvalue weighted by Gasteiger charge is 2.30. The number of amides is 3. The molecule has 0 aromatic heterocycles. The monoisotopic (exact) mass is 277 g/mol. The molecule has 1 fully saturated rings. The highest BCUT2D eigenvalue weighted by molar-refractivity contribution is 6.06. The SMILES string of the molecule is COc1ccc(NC(=O)CN2C(=O)CCC2=O)c(N)c1. The minimum absolute atomic E-state index is 0.163. The van der Waals surface area contributed by atoms with Crippen LogP contribution in [0, 0.1) is 0 Å². The van der Waals surface area contributed by atoms with Gasteiger partial charge in [-0.2, -0.15) is 0 Å². The van der Waals surface area contributed by atoms with Crippen molar-refractivity contribution in [2.75, 3.05) is 24.7 Å². The first-order chi connectivity index (χ1) is 9.51. The normalized spacial score (nSPS) is 14.6. The number of hydrogen-bond acceptors (Lipinski definition) is 5. The van der Waals surface area contributed by atoms with Gasteiger partial charge in [-0.25, -0.2) is 0 Å². The average Bonchev–Trinajstić information content (AvgIpc) is 2.73. The highest BCUT2D eigenvalue weighted by Crippen LogP contribution is 2.24. The molecule has 3 amide bonds. The molecule has 106 valence electrons. The largest absolute Gasteiger partial charge is 0.497 e. The molecule has 1 aliphatic rings. The van der Waals surface area contributed by atoms with Crippen molar-refractivity contribution >= 4 is 29.1 Å². The number of imide groups is 1. The first-order valence-electron chi connectivity index (χ1n) is 6.08. The summed E-state index contributed by atoms with van der Waals surface area (Å²) in [5, 5.41) is 2.56. The maximum Gasteiger partial charge on any atom is 0.244 e. The molecule has 0 unspecified atom stereocenters. The number of rotatable bonds is 4. The Hall–Kier alpha value is -2.57. The first kappa shape index (κ1) is 13.9. The zero-order valence-electron chi connectivity index (χ0n) is 11.0. The van der Waals surface area contributed by atoms with Gasteiger partial charge < -0.3 is 15.8 Å². The number of methoxy groups -OCH3 is 1. The Morgan fingerprint density at radius 3 is 2.55 bits per heavy atom. The number of carbonyl (C=O) groups excluding carboxylic acids is 3. The van der Waals surface area contributed by atoms with Gasteiger partial charge in [-0.15, -0.1) is 0 Å². The standard InChI is InChI=1S/C13H15N3O4/c1-20-8-2-3-10(9(14)6-8)15-11(17)7-16-12(18)4-5-13(16)19/h2-3,6H,4-5,7,14H2,1H3,(H,15,17). The molecule has 20 heavy (non-hydrogen) atoms. The van der Waals surface area contributed by atoms with Crippen molar-refractivity contribution in [3.63, 3.8) is 0 Å². The van der Waals surface area contributed by atoms with Crippen LogP contribution in [0.2, 0.25) is 0 Å². The van der Waals surface area contributed by atoms with Gasteiger partial charge in [-0.1, -0.05) is 0 Å². The molecule has 0 bridgehead atoms. The third kappa shape index (κ3) is 2.87. The van der Waals surface area contributed by atoms with E-state index in [4.69, 9.17) is 10.5 Å². The summed E-state index contributed by atoms with van der Waals surface area (Å²) >= 11 is 0. The van der Waals surface area contributed by atoms with Crippen molar-refractivity contribution in [3.8, 4) is 5.75 Å². The number of likely N-dealkylation sites (tertiary alicyclic amines) is 1. The van der Waals surface area contributed by atoms with Gasteiger partial charge >= 0.3 is 0 Å². The van der Waals surface area contributed by atoms with Crippen molar-refractivity contribution in [3.05, 3.63) is 18.2 Å². The van der Waals surface area contributed by atoms with Crippen molar-refractivity contribution in [2.45, 2.75) is 12.8 Å². The summed E-state index contributed by atoms with van der Waals surface area (Å²) in [6, 6.07) is 4.82. The number of anilines is 2. The number of nitrogens with one attached hydrogen (secondary N) is 1. The van der Waals surface area contributed by atoms with Gasteiger partial charge in [0.05, 0.1) is 18.5 Å². The summed E-state index contributed by atoms with van der Waals surface area (Å²) in [7, 11) is 1.51. The third-order valence-electron chi connectivity index (χ3n) is 2.99. The highest BCUT2D eigenvalue weighted by atomic mass is 16.5. The van der Waals surface area contributed by atoms with Crippen molar-refractivity contribution in [1.82, 2.24) is 4.90 Å². The molecule has 7 heteroatoms. The van der Waals surface area contributed by atoms with Crippen LogP contribution in [0.25, 0.3) is 0 Å². The lowest BCUT2D eigenvalue weighted by molar-refractivity contribution is -0.141. The van der Waals surface area contributed by atoms with E-state index in [-0.39, 0.29) is 31.2 Å². The van der Waals surface area contributed by atoms with Crippen LogP contribution in [-0.4, -0.2) is 36.3 Å². The molecule has 1 heterocycles. The van der Waals surface area contributed by atoms with E-state index in [2.05, 4.69) is 5.32 Å². The molecule has 1 saturated heterocycles. The molecular formula is C13H15N3O4. The number of ether oxygens (including phenoxy) is 1. The molecule has 3 N–H and O–H groups in total. The lowest BCUT2D eigenvalue weighted by Crippen LogP contribution is -2.36. The summed E-state index contributed by atoms with van der Waals surface area (Å²) in [6.07, 6.45) is 0.327. The number of nitrogens with two attached hydrogens (primary N) is 1. The van der Waals surface area contributed by atoms with E-state index >= 15 is 0 Å². The zero-order chi connectivity index (χ0) is 14.7. The Kier molecular flexibility index (Phi) is 3.88. The molecule has 0 radical (unpaired) electrons. The second-order valence-electron chi connectivity index (χ2n) is 4.37. The van der Waals surface area contributed by atoms with Crippen molar-refractivity contribution in [1.29, 1.82) is 0 Å². The van der Waals surface area contributed by atoms with Gasteiger partial charge in [0.25, 0.3) is 0 Å². The zero-order valence-corrected chi connectivity index (χ0v) is 11.0. The second kappa shape index (κ2) is 5.60. The lowest BCUT2D eigenvalue weighted by Gasteiger charge is -2.14. The Morgan fingerprint density at radius 1 is 1.35 bits per heavy atom. The van der Waals surface area contributed by atoms with Crippen LogP contribution in [0.1, 0.15) is 12.8 Å². The molecular weight excluding hydrogens is 262 g/mol. The molecule has 0 saturated carbocycles. The van der Waals surface area contributed by atoms with E-state index in [1.807, 2.05) is 0 Å². The van der Waals surface area contributed by atoms with Crippen LogP contribution in [0.3, 0.4) is 0 Å². The Bertz CT molecular complexity index is 555. The van der Waals surface area contributed by atoms with Crippen LogP contribution >= 0.6 is 0 Å². The fraction of sp³-hybridized carbons (Fsp3) is 0.308. The van der Waals surface area contributed by atoms with Crippen LogP contribution in [0.4, 0.5) is 11.4 Å². The fourth-order valence-electron chi connectivity index (χ4n) is 1.91. The smallest absolute Gasteiger partial charge is 0.244 e. The Balaban J connectivity index is 2.01. The van der Waals surface area contributed by atoms with Crippen LogP contribution < -0.4 is 15.8 Å². The van der Waals surface area contributed by atoms with Crippen LogP contribution in [-0.2, 0) is 14.4 Å². The van der Waals surface area contributed by atoms with E-state index < -0.39 is 5.91 Å². The minimum Gasteiger partial charge on any atom is -0.497 e. The fourth-order valence-corrected chi connectivity index (χ4v) is 1.91. The number of nitrogen functional groups attached to an aromatic ring is 1. The van der Waals surface area contributed by atoms with Crippen LogP contribution in [0.15, 0.2) is 18.2 Å². The summed E-state index contributed by atoms with van der Waals surface area (Å²) < 4.78 is 5.00. The van der Waals surface area contributed by atoms with Gasteiger partial charge in [-0.3, -0.25) is 19.3 Å². The van der Waals surface area contributed by atoms with E-state index in [9.17, 15) is 14.4 Å². The van der Waals surface area contributed by atoms with Gasteiger partial charge in [-0.05, 0) is 12.1 Å². The molecule has 1 aromatic carbocycles. The molecule has 2 rings (SSSR count). The van der Waals surface area contributed by atoms with Crippen molar-refractivity contribution in [2.24, 2.45) is 0 Å². The molecule has 7 nitrogen and oxygen atoms in total. The van der Waals surface area contributed by atoms with E-state index in [1.165, 1.54) is 7.11 Å². The molecule has 0 atom stereocenters. The van der Waals surface area contributed by atoms with E-state index in [0.717, 1.165) is 4.90 Å². The lowest BCUT2D eigenvalue weighted by atomic mass is 10.2. The third-order valence-corrected chi connectivity index (χ3v) is 2.99. The average molecular weight is 277 g/mol. The van der Waals surface area contributed by atoms with Gasteiger partial charge in [0.2, 0.25) is 17.7 Å². The first-order valence-corrected chi connectivity index (χ1v) is 6.08. The number of carbonyl (C=O) groups is 3. The van der Waals surface area contributed by atoms with Gasteiger partial charge in [0, 0.05) is 18.9 Å². The summed E-state index contributed by atoms with van der Waals surface area (Å²) in [4.78, 5) is 35.6. The van der Waals surface area contributed by atoms with Gasteiger partial charge in [0.1, 0.15) is 12.3 Å². The number of hydrogen-bond donors (Lipinski definition) is 2. The molecule has 1 aromatic rings. The predicted molar refractivity (Wildman–Crippen MR) is 72.0 cm³/mol. The summed E-state index contributed by atoms with van der Waals surface area (Å²) in [6.45, 7) is -0.289. The number of benzene rings is 1. The molecule has 1 aliphatic heterocycles. The summed E-state index contributed by atoms with van der Waals surface area (Å²) in [5.41, 5.74) is 6.52. The maximum atomic E-state index is 11.8. The van der Waals surface area contributed by atoms with E-state index in [1.54, 1.807) is 18.2 Å². The predicted octanol–water partition coefficient (Wildman–Crippen LogP) is 0.365. The maximum absolute atomic E-state index is 11.8. The summed E-state index contributed by atoms with van der Waals surface area (Å²) in [5.74, 6) is -0.545. The van der Waals surface area contributed by atoms with Crippen LogP contribution in [0.5, 0.6) is 5.75 Å². The molecule has 0 spiro atoms. The Morgan fingerprint density at radius 2 is 2.00 bits per heavy atom. The topological polar surface area (TPSA) is 102 Å². The van der Waals surface area contributed by atoms with Crippen molar-refractivity contribution < 1.29 is 19.1 Å². The Labute approximate surface area is 115 Å².